The molecule has 1 atom stereocenters. The summed E-state index contributed by atoms with van der Waals surface area (Å²) >= 11 is 0. The average Bonchev–Trinajstić information content (AvgIpc) is 3.04. The fourth-order valence-electron chi connectivity index (χ4n) is 3.81. The molecular weight excluding hydrogens is 276 g/mol. The van der Waals surface area contributed by atoms with Gasteiger partial charge in [0.1, 0.15) is 0 Å². The van der Waals surface area contributed by atoms with Gasteiger partial charge in [0.2, 0.25) is 5.91 Å². The molecule has 0 bridgehead atoms. The van der Waals surface area contributed by atoms with Crippen molar-refractivity contribution in [2.45, 2.75) is 52.0 Å². The van der Waals surface area contributed by atoms with Gasteiger partial charge in [-0.15, -0.1) is 0 Å². The molecule has 0 radical (unpaired) electrons. The van der Waals surface area contributed by atoms with Gasteiger partial charge in [0.05, 0.1) is 11.1 Å². The van der Waals surface area contributed by atoms with Crippen LogP contribution in [0.25, 0.3) is 0 Å². The Morgan fingerprint density at radius 3 is 2.77 bits per heavy atom. The van der Waals surface area contributed by atoms with Gasteiger partial charge in [0.25, 0.3) is 0 Å². The molecule has 22 heavy (non-hydrogen) atoms. The summed E-state index contributed by atoms with van der Waals surface area (Å²) in [5.74, 6) is 0.348. The van der Waals surface area contributed by atoms with Crippen molar-refractivity contribution in [1.29, 1.82) is 0 Å². The third kappa shape index (κ3) is 2.78. The molecule has 122 valence electrons. The summed E-state index contributed by atoms with van der Waals surface area (Å²) in [6.45, 7) is 10.2. The highest BCUT2D eigenvalue weighted by atomic mass is 16.2. The number of piperidine rings is 1. The minimum absolute atomic E-state index is 0.0725. The summed E-state index contributed by atoms with van der Waals surface area (Å²) in [5.41, 5.74) is 2.20. The number of H-pyrrole nitrogens is 1. The molecule has 2 saturated heterocycles. The van der Waals surface area contributed by atoms with Gasteiger partial charge in [-0.05, 0) is 31.9 Å². The Morgan fingerprint density at radius 1 is 1.32 bits per heavy atom. The molecule has 0 unspecified atom stereocenters. The van der Waals surface area contributed by atoms with Crippen molar-refractivity contribution in [2.24, 2.45) is 5.41 Å². The second kappa shape index (κ2) is 5.37. The second-order valence-electron chi connectivity index (χ2n) is 8.10. The van der Waals surface area contributed by atoms with Crippen LogP contribution in [0.1, 0.15) is 51.4 Å². The van der Waals surface area contributed by atoms with Gasteiger partial charge >= 0.3 is 0 Å². The zero-order valence-corrected chi connectivity index (χ0v) is 14.3. The van der Waals surface area contributed by atoms with Gasteiger partial charge in [-0.1, -0.05) is 20.8 Å². The number of rotatable bonds is 2. The Hall–Kier alpha value is -1.36. The van der Waals surface area contributed by atoms with Crippen LogP contribution >= 0.6 is 0 Å². The molecule has 1 aromatic heterocycles. The number of nitrogens with one attached hydrogen (secondary N) is 1. The summed E-state index contributed by atoms with van der Waals surface area (Å²) in [4.78, 5) is 16.9. The van der Waals surface area contributed by atoms with Gasteiger partial charge < -0.3 is 4.90 Å². The number of amides is 1. The number of hydrogen-bond acceptors (Lipinski definition) is 3. The summed E-state index contributed by atoms with van der Waals surface area (Å²) in [6, 6.07) is 2.17. The van der Waals surface area contributed by atoms with Crippen LogP contribution in [-0.4, -0.2) is 52.6 Å². The van der Waals surface area contributed by atoms with E-state index in [9.17, 15) is 4.79 Å². The van der Waals surface area contributed by atoms with Crippen molar-refractivity contribution >= 4 is 5.91 Å². The van der Waals surface area contributed by atoms with Gasteiger partial charge in [-0.3, -0.25) is 14.8 Å². The topological polar surface area (TPSA) is 52.2 Å². The average molecular weight is 304 g/mol. The molecule has 0 aromatic carbocycles. The van der Waals surface area contributed by atoms with Gasteiger partial charge in [-0.25, -0.2) is 0 Å². The van der Waals surface area contributed by atoms with Crippen LogP contribution in [0.4, 0.5) is 0 Å². The lowest BCUT2D eigenvalue weighted by atomic mass is 9.78. The van der Waals surface area contributed by atoms with Crippen molar-refractivity contribution in [1.82, 2.24) is 20.0 Å². The number of nitrogens with zero attached hydrogens (tertiary/aromatic N) is 3. The molecular formula is C17H28N4O. The number of hydrogen-bond donors (Lipinski definition) is 1. The molecule has 5 heteroatoms. The standard InChI is InChI=1S/C17H28N4O/c1-16(2,3)14-10-13(18-19-14)11-21-9-7-17(12-21)6-5-8-20(4)15(17)22/h10H,5-9,11-12H2,1-4H3,(H,18,19)/t17-/m1/s1. The molecule has 1 amide bonds. The summed E-state index contributed by atoms with van der Waals surface area (Å²) < 4.78 is 0. The van der Waals surface area contributed by atoms with E-state index in [-0.39, 0.29) is 10.8 Å². The van der Waals surface area contributed by atoms with E-state index in [1.165, 1.54) is 0 Å². The molecule has 5 nitrogen and oxygen atoms in total. The summed E-state index contributed by atoms with van der Waals surface area (Å²) in [6.07, 6.45) is 3.17. The first-order valence-corrected chi connectivity index (χ1v) is 8.33. The van der Waals surface area contributed by atoms with E-state index in [2.05, 4.69) is 41.9 Å². The number of carbonyl (C=O) groups excluding carboxylic acids is 1. The lowest BCUT2D eigenvalue weighted by molar-refractivity contribution is -0.143. The van der Waals surface area contributed by atoms with Crippen LogP contribution in [0.2, 0.25) is 0 Å². The van der Waals surface area contributed by atoms with Crippen LogP contribution in [0.3, 0.4) is 0 Å². The van der Waals surface area contributed by atoms with Gasteiger partial charge in [0.15, 0.2) is 0 Å². The highest BCUT2D eigenvalue weighted by molar-refractivity contribution is 5.83. The maximum Gasteiger partial charge on any atom is 0.229 e. The smallest absolute Gasteiger partial charge is 0.229 e. The van der Waals surface area contributed by atoms with Crippen LogP contribution < -0.4 is 0 Å². The molecule has 0 aliphatic carbocycles. The van der Waals surface area contributed by atoms with E-state index in [1.54, 1.807) is 0 Å². The summed E-state index contributed by atoms with van der Waals surface area (Å²) in [5, 5.41) is 7.60. The second-order valence-corrected chi connectivity index (χ2v) is 8.10. The van der Waals surface area contributed by atoms with E-state index in [0.717, 1.165) is 56.8 Å². The number of carbonyl (C=O) groups is 1. The predicted molar refractivity (Wildman–Crippen MR) is 86.5 cm³/mol. The lowest BCUT2D eigenvalue weighted by Gasteiger charge is -2.37. The van der Waals surface area contributed by atoms with Crippen molar-refractivity contribution < 1.29 is 4.79 Å². The quantitative estimate of drug-likeness (QED) is 0.911. The molecule has 2 fully saturated rings. The molecule has 2 aliphatic heterocycles. The molecule has 2 aliphatic rings. The number of aromatic amines is 1. The fraction of sp³-hybridized carbons (Fsp3) is 0.765. The highest BCUT2D eigenvalue weighted by Gasteiger charge is 2.47. The van der Waals surface area contributed by atoms with Crippen LogP contribution in [0.5, 0.6) is 0 Å². The Balaban J connectivity index is 1.66. The van der Waals surface area contributed by atoms with Crippen molar-refractivity contribution in [3.8, 4) is 0 Å². The van der Waals surface area contributed by atoms with E-state index >= 15 is 0 Å². The van der Waals surface area contributed by atoms with Gasteiger partial charge in [-0.2, -0.15) is 5.10 Å². The predicted octanol–water partition coefficient (Wildman–Crippen LogP) is 2.15. The van der Waals surface area contributed by atoms with E-state index in [1.807, 2.05) is 11.9 Å². The molecule has 3 heterocycles. The minimum Gasteiger partial charge on any atom is -0.345 e. The third-order valence-corrected chi connectivity index (χ3v) is 5.18. The lowest BCUT2D eigenvalue weighted by Crippen LogP contribution is -2.48. The first-order valence-electron chi connectivity index (χ1n) is 8.33. The van der Waals surface area contributed by atoms with Gasteiger partial charge in [0, 0.05) is 37.8 Å². The Labute approximate surface area is 133 Å². The van der Waals surface area contributed by atoms with E-state index < -0.39 is 0 Å². The monoisotopic (exact) mass is 304 g/mol. The van der Waals surface area contributed by atoms with Crippen LogP contribution in [-0.2, 0) is 16.8 Å². The Bertz CT molecular complexity index is 559. The largest absolute Gasteiger partial charge is 0.345 e. The maximum absolute atomic E-state index is 12.6. The Kier molecular flexibility index (Phi) is 3.79. The number of aromatic nitrogens is 2. The van der Waals surface area contributed by atoms with Crippen molar-refractivity contribution in [3.63, 3.8) is 0 Å². The van der Waals surface area contributed by atoms with E-state index in [4.69, 9.17) is 0 Å². The van der Waals surface area contributed by atoms with Crippen molar-refractivity contribution in [3.05, 3.63) is 17.5 Å². The summed E-state index contributed by atoms with van der Waals surface area (Å²) in [7, 11) is 1.94. The van der Waals surface area contributed by atoms with Crippen LogP contribution in [0.15, 0.2) is 6.07 Å². The molecule has 3 rings (SSSR count). The first kappa shape index (κ1) is 15.5. The maximum atomic E-state index is 12.6. The molecule has 0 saturated carbocycles. The highest BCUT2D eigenvalue weighted by Crippen LogP contribution is 2.40. The normalized spacial score (nSPS) is 27.1. The SMILES string of the molecule is CN1CCC[C@]2(CCN(Cc3cc(C(C)(C)C)n[nH]3)C2)C1=O. The fourth-order valence-corrected chi connectivity index (χ4v) is 3.81. The molecule has 1 N–H and O–H groups in total. The molecule has 1 spiro atoms. The third-order valence-electron chi connectivity index (χ3n) is 5.18. The van der Waals surface area contributed by atoms with E-state index in [0.29, 0.717) is 5.91 Å². The number of likely N-dealkylation sites (tertiary alicyclic amines) is 2. The van der Waals surface area contributed by atoms with Crippen LogP contribution in [0, 0.1) is 5.41 Å². The zero-order chi connectivity index (χ0) is 16.0. The zero-order valence-electron chi connectivity index (χ0n) is 14.3. The minimum atomic E-state index is -0.125. The molecule has 1 aromatic rings. The Morgan fingerprint density at radius 2 is 2.09 bits per heavy atom. The first-order chi connectivity index (χ1) is 10.3. The van der Waals surface area contributed by atoms with Crippen molar-refractivity contribution in [2.75, 3.05) is 26.7 Å².